The number of benzene rings is 2. The summed E-state index contributed by atoms with van der Waals surface area (Å²) in [6.45, 7) is 0. The maximum atomic E-state index is 12.4. The zero-order valence-electron chi connectivity index (χ0n) is 12.5. The third kappa shape index (κ3) is 3.55. The molecular weight excluding hydrogens is 272 g/mol. The molecule has 0 aliphatic heterocycles. The van der Waals surface area contributed by atoms with Crippen LogP contribution in [0.15, 0.2) is 66.7 Å². The highest BCUT2D eigenvalue weighted by Gasteiger charge is 2.19. The molecule has 1 unspecified atom stereocenters. The van der Waals surface area contributed by atoms with Gasteiger partial charge in [0.1, 0.15) is 0 Å². The molecule has 0 aromatic heterocycles. The number of rotatable bonds is 4. The van der Waals surface area contributed by atoms with Gasteiger partial charge < -0.3 is 10.6 Å². The Morgan fingerprint density at radius 3 is 2.36 bits per heavy atom. The molecule has 112 valence electrons. The fourth-order valence-corrected chi connectivity index (χ4v) is 2.64. The molecule has 3 rings (SSSR count). The van der Waals surface area contributed by atoms with Crippen LogP contribution in [0.3, 0.4) is 0 Å². The van der Waals surface area contributed by atoms with Gasteiger partial charge in [-0.3, -0.25) is 4.79 Å². The summed E-state index contributed by atoms with van der Waals surface area (Å²) in [5.41, 5.74) is 2.74. The molecule has 0 bridgehead atoms. The van der Waals surface area contributed by atoms with Crippen LogP contribution in [0, 0.1) is 5.92 Å². The zero-order chi connectivity index (χ0) is 15.2. The average Bonchev–Trinajstić information content (AvgIpc) is 2.58. The Morgan fingerprint density at radius 1 is 0.909 bits per heavy atom. The van der Waals surface area contributed by atoms with E-state index in [0.717, 1.165) is 36.3 Å². The van der Waals surface area contributed by atoms with Gasteiger partial charge in [0, 0.05) is 11.6 Å². The first-order chi connectivity index (χ1) is 10.8. The van der Waals surface area contributed by atoms with E-state index in [-0.39, 0.29) is 11.8 Å². The van der Waals surface area contributed by atoms with Gasteiger partial charge in [-0.25, -0.2) is 0 Å². The summed E-state index contributed by atoms with van der Waals surface area (Å²) in [5.74, 6) is 0.182. The Kier molecular flexibility index (Phi) is 4.54. The molecule has 2 aromatic rings. The predicted octanol–water partition coefficient (Wildman–Crippen LogP) is 4.73. The summed E-state index contributed by atoms with van der Waals surface area (Å²) in [6, 6.07) is 17.8. The van der Waals surface area contributed by atoms with E-state index in [4.69, 9.17) is 0 Å². The summed E-state index contributed by atoms with van der Waals surface area (Å²) >= 11 is 0. The van der Waals surface area contributed by atoms with Crippen molar-refractivity contribution in [2.75, 3.05) is 10.6 Å². The standard InChI is InChI=1S/C19H20N2O/c22-19(15-9-3-1-4-10-15)21-18-14-8-7-13-17(18)20-16-11-5-2-6-12-16/h1-3,5-8,11-15,20H,4,9-10H2,(H,21,22). The second kappa shape index (κ2) is 6.94. The Bertz CT molecular complexity index is 664. The van der Waals surface area contributed by atoms with Gasteiger partial charge in [-0.15, -0.1) is 0 Å². The van der Waals surface area contributed by atoms with E-state index in [0.29, 0.717) is 0 Å². The molecule has 0 saturated carbocycles. The number of nitrogens with one attached hydrogen (secondary N) is 2. The minimum atomic E-state index is 0.0785. The van der Waals surface area contributed by atoms with Gasteiger partial charge in [0.05, 0.1) is 11.4 Å². The van der Waals surface area contributed by atoms with E-state index in [1.807, 2.05) is 54.6 Å². The number of anilines is 3. The largest absolute Gasteiger partial charge is 0.354 e. The van der Waals surface area contributed by atoms with Crippen molar-refractivity contribution in [2.24, 2.45) is 5.92 Å². The minimum Gasteiger partial charge on any atom is -0.354 e. The monoisotopic (exact) mass is 292 g/mol. The summed E-state index contributed by atoms with van der Waals surface area (Å²) in [5, 5.41) is 6.42. The van der Waals surface area contributed by atoms with Crippen LogP contribution in [0.25, 0.3) is 0 Å². The van der Waals surface area contributed by atoms with Crippen LogP contribution >= 0.6 is 0 Å². The molecule has 0 spiro atoms. The molecule has 3 heteroatoms. The normalized spacial score (nSPS) is 17.0. The lowest BCUT2D eigenvalue weighted by Crippen LogP contribution is -2.23. The van der Waals surface area contributed by atoms with E-state index in [1.54, 1.807) is 0 Å². The van der Waals surface area contributed by atoms with Crippen molar-refractivity contribution in [3.63, 3.8) is 0 Å². The fourth-order valence-electron chi connectivity index (χ4n) is 2.64. The number of para-hydroxylation sites is 3. The predicted molar refractivity (Wildman–Crippen MR) is 91.3 cm³/mol. The number of carbonyl (C=O) groups excluding carboxylic acids is 1. The van der Waals surface area contributed by atoms with Crippen molar-refractivity contribution in [3.8, 4) is 0 Å². The lowest BCUT2D eigenvalue weighted by molar-refractivity contribution is -0.120. The van der Waals surface area contributed by atoms with Crippen LogP contribution in [0.1, 0.15) is 19.3 Å². The lowest BCUT2D eigenvalue weighted by Gasteiger charge is -2.19. The smallest absolute Gasteiger partial charge is 0.227 e. The molecule has 2 N–H and O–H groups in total. The highest BCUT2D eigenvalue weighted by atomic mass is 16.1. The van der Waals surface area contributed by atoms with Crippen LogP contribution in [0.2, 0.25) is 0 Å². The van der Waals surface area contributed by atoms with E-state index in [9.17, 15) is 4.79 Å². The van der Waals surface area contributed by atoms with Crippen molar-refractivity contribution in [3.05, 3.63) is 66.7 Å². The highest BCUT2D eigenvalue weighted by Crippen LogP contribution is 2.27. The van der Waals surface area contributed by atoms with Crippen LogP contribution in [0.5, 0.6) is 0 Å². The zero-order valence-corrected chi connectivity index (χ0v) is 12.5. The molecule has 1 aliphatic rings. The third-order valence-electron chi connectivity index (χ3n) is 3.88. The molecule has 1 amide bonds. The third-order valence-corrected chi connectivity index (χ3v) is 3.88. The van der Waals surface area contributed by atoms with E-state index in [1.165, 1.54) is 0 Å². The number of allylic oxidation sites excluding steroid dienone is 2. The second-order valence-corrected chi connectivity index (χ2v) is 5.51. The van der Waals surface area contributed by atoms with E-state index >= 15 is 0 Å². The Hall–Kier alpha value is -2.55. The molecule has 1 aliphatic carbocycles. The van der Waals surface area contributed by atoms with Crippen LogP contribution in [-0.2, 0) is 4.79 Å². The second-order valence-electron chi connectivity index (χ2n) is 5.51. The fraction of sp³-hybridized carbons (Fsp3) is 0.211. The summed E-state index contributed by atoms with van der Waals surface area (Å²) in [6.07, 6.45) is 7.00. The van der Waals surface area contributed by atoms with Crippen LogP contribution in [0.4, 0.5) is 17.1 Å². The van der Waals surface area contributed by atoms with Crippen LogP contribution < -0.4 is 10.6 Å². The van der Waals surface area contributed by atoms with Crippen molar-refractivity contribution in [1.29, 1.82) is 0 Å². The Labute approximate surface area is 131 Å². The minimum absolute atomic E-state index is 0.0785. The molecule has 0 saturated heterocycles. The van der Waals surface area contributed by atoms with Gasteiger partial charge in [-0.05, 0) is 43.5 Å². The first kappa shape index (κ1) is 14.4. The van der Waals surface area contributed by atoms with Gasteiger partial charge in [-0.2, -0.15) is 0 Å². The summed E-state index contributed by atoms with van der Waals surface area (Å²) in [7, 11) is 0. The molecule has 2 aromatic carbocycles. The molecule has 0 radical (unpaired) electrons. The van der Waals surface area contributed by atoms with Crippen molar-refractivity contribution in [2.45, 2.75) is 19.3 Å². The van der Waals surface area contributed by atoms with Gasteiger partial charge in [-0.1, -0.05) is 42.5 Å². The van der Waals surface area contributed by atoms with E-state index in [2.05, 4.69) is 22.8 Å². The SMILES string of the molecule is O=C(Nc1ccccc1Nc1ccccc1)C1CC=CCC1. The molecule has 0 fully saturated rings. The maximum absolute atomic E-state index is 12.4. The Morgan fingerprint density at radius 2 is 1.64 bits per heavy atom. The van der Waals surface area contributed by atoms with Crippen molar-refractivity contribution < 1.29 is 4.79 Å². The number of carbonyl (C=O) groups is 1. The molecule has 22 heavy (non-hydrogen) atoms. The highest BCUT2D eigenvalue weighted by molar-refractivity contribution is 5.96. The van der Waals surface area contributed by atoms with Crippen LogP contribution in [-0.4, -0.2) is 5.91 Å². The van der Waals surface area contributed by atoms with Crippen molar-refractivity contribution >= 4 is 23.0 Å². The van der Waals surface area contributed by atoms with E-state index < -0.39 is 0 Å². The first-order valence-corrected chi connectivity index (χ1v) is 7.70. The van der Waals surface area contributed by atoms with Gasteiger partial charge >= 0.3 is 0 Å². The molecular formula is C19H20N2O. The number of hydrogen-bond acceptors (Lipinski definition) is 2. The summed E-state index contributed by atoms with van der Waals surface area (Å²) < 4.78 is 0. The number of hydrogen-bond donors (Lipinski definition) is 2. The maximum Gasteiger partial charge on any atom is 0.227 e. The first-order valence-electron chi connectivity index (χ1n) is 7.70. The quantitative estimate of drug-likeness (QED) is 0.800. The van der Waals surface area contributed by atoms with Gasteiger partial charge in [0.15, 0.2) is 0 Å². The average molecular weight is 292 g/mol. The topological polar surface area (TPSA) is 41.1 Å². The van der Waals surface area contributed by atoms with Gasteiger partial charge in [0.25, 0.3) is 0 Å². The van der Waals surface area contributed by atoms with Gasteiger partial charge in [0.2, 0.25) is 5.91 Å². The summed E-state index contributed by atoms with van der Waals surface area (Å²) in [4.78, 5) is 12.4. The van der Waals surface area contributed by atoms with Crippen molar-refractivity contribution in [1.82, 2.24) is 0 Å². The molecule has 0 heterocycles. The number of amides is 1. The Balaban J connectivity index is 1.73. The lowest BCUT2D eigenvalue weighted by atomic mass is 9.93. The molecule has 1 atom stereocenters. The molecule has 3 nitrogen and oxygen atoms in total.